The Morgan fingerprint density at radius 3 is 2.12 bits per heavy atom. The number of carbonyl (C=O) groups is 2. The first-order valence-corrected chi connectivity index (χ1v) is 6.22. The molecule has 1 rings (SSSR count). The van der Waals surface area contributed by atoms with Crippen LogP contribution in [0.2, 0.25) is 0 Å². The molecule has 0 fully saturated rings. The highest BCUT2D eigenvalue weighted by Crippen LogP contribution is 2.19. The van der Waals surface area contributed by atoms with Crippen LogP contribution in [0, 0.1) is 0 Å². The first-order valence-electron chi connectivity index (χ1n) is 6.22. The molecule has 90 valence electrons. The topological polar surface area (TPSA) is 46.2 Å². The van der Waals surface area contributed by atoms with Gasteiger partial charge in [0.1, 0.15) is 0 Å². The van der Waals surface area contributed by atoms with Crippen LogP contribution in [0.1, 0.15) is 58.8 Å². The van der Waals surface area contributed by atoms with Crippen LogP contribution in [0.15, 0.2) is 11.1 Å². The van der Waals surface area contributed by atoms with Crippen molar-refractivity contribution in [2.75, 3.05) is 0 Å². The summed E-state index contributed by atoms with van der Waals surface area (Å²) in [6.45, 7) is 3.93. The van der Waals surface area contributed by atoms with Crippen LogP contribution in [0.5, 0.6) is 0 Å². The van der Waals surface area contributed by atoms with E-state index in [9.17, 15) is 9.59 Å². The fourth-order valence-electron chi connectivity index (χ4n) is 1.96. The van der Waals surface area contributed by atoms with Gasteiger partial charge in [0, 0.05) is 11.1 Å². The largest absolute Gasteiger partial charge is 0.289 e. The van der Waals surface area contributed by atoms with E-state index >= 15 is 0 Å². The number of rotatable bonds is 7. The molecule has 0 unspecified atom stereocenters. The number of amides is 2. The summed E-state index contributed by atoms with van der Waals surface area (Å²) in [7, 11) is 0. The van der Waals surface area contributed by atoms with Crippen LogP contribution in [0.3, 0.4) is 0 Å². The molecule has 0 bridgehead atoms. The lowest BCUT2D eigenvalue weighted by molar-refractivity contribution is -0.124. The van der Waals surface area contributed by atoms with E-state index in [0.717, 1.165) is 19.3 Å². The molecule has 1 aliphatic heterocycles. The molecule has 16 heavy (non-hydrogen) atoms. The Morgan fingerprint density at radius 2 is 1.56 bits per heavy atom. The van der Waals surface area contributed by atoms with Gasteiger partial charge >= 0.3 is 0 Å². The third-order valence-electron chi connectivity index (χ3n) is 3.07. The van der Waals surface area contributed by atoms with E-state index in [1.54, 1.807) is 6.92 Å². The predicted octanol–water partition coefficient (Wildman–Crippen LogP) is 2.71. The van der Waals surface area contributed by atoms with Crippen molar-refractivity contribution in [1.29, 1.82) is 0 Å². The van der Waals surface area contributed by atoms with Crippen LogP contribution in [-0.4, -0.2) is 11.8 Å². The SMILES string of the molecule is CCCCCCCCC1=C(C)C(=O)NC1=O. The van der Waals surface area contributed by atoms with Gasteiger partial charge in [-0.3, -0.25) is 14.9 Å². The Labute approximate surface area is 97.3 Å². The average Bonchev–Trinajstić information content (AvgIpc) is 2.49. The monoisotopic (exact) mass is 223 g/mol. The van der Waals surface area contributed by atoms with E-state index in [1.165, 1.54) is 25.7 Å². The van der Waals surface area contributed by atoms with Crippen LogP contribution in [0.25, 0.3) is 0 Å². The predicted molar refractivity (Wildman–Crippen MR) is 63.8 cm³/mol. The van der Waals surface area contributed by atoms with Gasteiger partial charge in [0.25, 0.3) is 11.8 Å². The number of hydrogen-bond donors (Lipinski definition) is 1. The summed E-state index contributed by atoms with van der Waals surface area (Å²) >= 11 is 0. The van der Waals surface area contributed by atoms with Crippen LogP contribution in [-0.2, 0) is 9.59 Å². The van der Waals surface area contributed by atoms with Gasteiger partial charge in [-0.2, -0.15) is 0 Å². The Morgan fingerprint density at radius 1 is 0.938 bits per heavy atom. The normalized spacial score (nSPS) is 15.9. The second-order valence-corrected chi connectivity index (χ2v) is 4.40. The lowest BCUT2D eigenvalue weighted by Gasteiger charge is -2.01. The zero-order chi connectivity index (χ0) is 12.0. The molecule has 1 aliphatic rings. The first-order chi connectivity index (χ1) is 7.66. The fraction of sp³-hybridized carbons (Fsp3) is 0.692. The molecule has 2 amide bonds. The molecule has 0 atom stereocenters. The summed E-state index contributed by atoms with van der Waals surface area (Å²) in [5.41, 5.74) is 1.30. The van der Waals surface area contributed by atoms with Gasteiger partial charge in [-0.1, -0.05) is 39.0 Å². The fourth-order valence-corrected chi connectivity index (χ4v) is 1.96. The molecule has 3 heteroatoms. The second-order valence-electron chi connectivity index (χ2n) is 4.40. The lowest BCUT2D eigenvalue weighted by atomic mass is 10.0. The third kappa shape index (κ3) is 3.47. The van der Waals surface area contributed by atoms with E-state index in [2.05, 4.69) is 12.2 Å². The summed E-state index contributed by atoms with van der Waals surface area (Å²) in [5, 5.41) is 2.33. The summed E-state index contributed by atoms with van der Waals surface area (Å²) in [5.74, 6) is -0.401. The highest BCUT2D eigenvalue weighted by Gasteiger charge is 2.25. The van der Waals surface area contributed by atoms with Gasteiger partial charge in [0.05, 0.1) is 0 Å². The van der Waals surface area contributed by atoms with E-state index in [1.807, 2.05) is 0 Å². The first kappa shape index (κ1) is 12.9. The van der Waals surface area contributed by atoms with Gasteiger partial charge < -0.3 is 0 Å². The summed E-state index contributed by atoms with van der Waals surface area (Å²) in [4.78, 5) is 22.6. The maximum atomic E-state index is 11.4. The van der Waals surface area contributed by atoms with Crippen LogP contribution < -0.4 is 5.32 Å². The number of hydrogen-bond acceptors (Lipinski definition) is 2. The number of nitrogens with one attached hydrogen (secondary N) is 1. The van der Waals surface area contributed by atoms with Gasteiger partial charge in [-0.05, 0) is 19.8 Å². The number of carbonyl (C=O) groups excluding carboxylic acids is 2. The van der Waals surface area contributed by atoms with Gasteiger partial charge in [-0.25, -0.2) is 0 Å². The van der Waals surface area contributed by atoms with Crippen molar-refractivity contribution in [3.05, 3.63) is 11.1 Å². The molecule has 0 saturated carbocycles. The van der Waals surface area contributed by atoms with Crippen molar-refractivity contribution < 1.29 is 9.59 Å². The lowest BCUT2D eigenvalue weighted by Crippen LogP contribution is -2.22. The van der Waals surface area contributed by atoms with Crippen molar-refractivity contribution in [1.82, 2.24) is 5.32 Å². The van der Waals surface area contributed by atoms with E-state index in [-0.39, 0.29) is 11.8 Å². The van der Waals surface area contributed by atoms with Crippen LogP contribution >= 0.6 is 0 Å². The van der Waals surface area contributed by atoms with Crippen molar-refractivity contribution in [3.63, 3.8) is 0 Å². The van der Waals surface area contributed by atoms with Gasteiger partial charge in [0.2, 0.25) is 0 Å². The standard InChI is InChI=1S/C13H21NO2/c1-3-4-5-6-7-8-9-11-10(2)12(15)14-13(11)16/h3-9H2,1-2H3,(H,14,15,16). The Bertz CT molecular complexity index is 305. The van der Waals surface area contributed by atoms with E-state index < -0.39 is 0 Å². The molecule has 0 radical (unpaired) electrons. The minimum absolute atomic E-state index is 0.184. The van der Waals surface area contributed by atoms with Crippen molar-refractivity contribution in [2.24, 2.45) is 0 Å². The average molecular weight is 223 g/mol. The Hall–Kier alpha value is -1.12. The maximum absolute atomic E-state index is 11.4. The molecular formula is C13H21NO2. The van der Waals surface area contributed by atoms with Gasteiger partial charge in [-0.15, -0.1) is 0 Å². The number of unbranched alkanes of at least 4 members (excludes halogenated alkanes) is 5. The second kappa shape index (κ2) is 6.46. The van der Waals surface area contributed by atoms with E-state index in [4.69, 9.17) is 0 Å². The molecule has 0 spiro atoms. The van der Waals surface area contributed by atoms with E-state index in [0.29, 0.717) is 11.1 Å². The van der Waals surface area contributed by atoms with Crippen molar-refractivity contribution in [2.45, 2.75) is 58.8 Å². The number of imide groups is 1. The maximum Gasteiger partial charge on any atom is 0.254 e. The molecule has 0 aromatic heterocycles. The van der Waals surface area contributed by atoms with Crippen molar-refractivity contribution in [3.8, 4) is 0 Å². The Balaban J connectivity index is 2.22. The summed E-state index contributed by atoms with van der Waals surface area (Å²) in [6, 6.07) is 0. The minimum Gasteiger partial charge on any atom is -0.289 e. The summed E-state index contributed by atoms with van der Waals surface area (Å²) in [6.07, 6.45) is 7.96. The molecule has 0 aliphatic carbocycles. The molecule has 0 aromatic rings. The minimum atomic E-state index is -0.217. The van der Waals surface area contributed by atoms with Crippen LogP contribution in [0.4, 0.5) is 0 Å². The molecular weight excluding hydrogens is 202 g/mol. The zero-order valence-electron chi connectivity index (χ0n) is 10.3. The highest BCUT2D eigenvalue weighted by molar-refractivity contribution is 6.19. The Kier molecular flexibility index (Phi) is 5.23. The molecule has 0 saturated heterocycles. The quantitative estimate of drug-likeness (QED) is 0.533. The highest BCUT2D eigenvalue weighted by atomic mass is 16.2. The zero-order valence-corrected chi connectivity index (χ0v) is 10.3. The van der Waals surface area contributed by atoms with Crippen molar-refractivity contribution >= 4 is 11.8 Å². The summed E-state index contributed by atoms with van der Waals surface area (Å²) < 4.78 is 0. The van der Waals surface area contributed by atoms with Gasteiger partial charge in [0.15, 0.2) is 0 Å². The molecule has 3 nitrogen and oxygen atoms in total. The molecule has 0 aromatic carbocycles. The molecule has 1 N–H and O–H groups in total. The third-order valence-corrected chi connectivity index (χ3v) is 3.07. The molecule has 1 heterocycles. The smallest absolute Gasteiger partial charge is 0.254 e.